The van der Waals surface area contributed by atoms with Gasteiger partial charge >= 0.3 is 0 Å². The molecule has 142 valence electrons. The van der Waals surface area contributed by atoms with Gasteiger partial charge in [0.15, 0.2) is 5.69 Å². The Morgan fingerprint density at radius 1 is 1.36 bits per heavy atom. The van der Waals surface area contributed by atoms with E-state index in [-0.39, 0.29) is 18.3 Å². The van der Waals surface area contributed by atoms with E-state index in [0.717, 1.165) is 76.6 Å². The molecule has 3 rings (SSSR count). The normalized spacial score (nSPS) is 20.9. The number of nitrogens with zero attached hydrogens (tertiary/aromatic N) is 3. The van der Waals surface area contributed by atoms with Crippen LogP contribution in [0.3, 0.4) is 0 Å². The molecule has 2 aliphatic heterocycles. The first-order chi connectivity index (χ1) is 11.7. The van der Waals surface area contributed by atoms with Gasteiger partial charge in [-0.25, -0.2) is 0 Å². The summed E-state index contributed by atoms with van der Waals surface area (Å²) in [5, 5.41) is 10.7. The predicted molar refractivity (Wildman–Crippen MR) is 99.3 cm³/mol. The Labute approximate surface area is 155 Å². The second kappa shape index (κ2) is 9.52. The number of piperazine rings is 1. The fourth-order valence-electron chi connectivity index (χ4n) is 3.64. The van der Waals surface area contributed by atoms with Crippen molar-refractivity contribution in [2.24, 2.45) is 0 Å². The van der Waals surface area contributed by atoms with Crippen LogP contribution in [0.15, 0.2) is 0 Å². The van der Waals surface area contributed by atoms with Gasteiger partial charge in [-0.1, -0.05) is 6.92 Å². The summed E-state index contributed by atoms with van der Waals surface area (Å²) in [7, 11) is 0. The van der Waals surface area contributed by atoms with Crippen LogP contribution in [0.5, 0.6) is 0 Å². The molecule has 2 N–H and O–H groups in total. The smallest absolute Gasteiger partial charge is 0.274 e. The summed E-state index contributed by atoms with van der Waals surface area (Å²) < 4.78 is 5.48. The summed E-state index contributed by atoms with van der Waals surface area (Å²) in [5.74, 6) is 0.0686. The number of aromatic amines is 1. The molecule has 0 radical (unpaired) electrons. The Bertz CT molecular complexity index is 565. The lowest BCUT2D eigenvalue weighted by Gasteiger charge is -2.41. The van der Waals surface area contributed by atoms with Crippen LogP contribution < -0.4 is 5.32 Å². The van der Waals surface area contributed by atoms with E-state index in [0.29, 0.717) is 11.7 Å². The van der Waals surface area contributed by atoms with Crippen LogP contribution >= 0.6 is 12.4 Å². The second-order valence-electron chi connectivity index (χ2n) is 6.50. The summed E-state index contributed by atoms with van der Waals surface area (Å²) in [5.41, 5.74) is 2.77. The largest absolute Gasteiger partial charge is 0.380 e. The molecule has 3 heterocycles. The zero-order valence-corrected chi connectivity index (χ0v) is 16.0. The van der Waals surface area contributed by atoms with Crippen molar-refractivity contribution < 1.29 is 9.53 Å². The standard InChI is InChI=1S/C17H29N5O2.ClH/c1-3-13-12-22(8-7-21(13)9-10-24-4-2)17(23)16-14-11-18-6-5-15(14)19-20-16;/h13,18H,3-12H2,1-2H3,(H,19,20);1H. The molecule has 0 aromatic carbocycles. The maximum Gasteiger partial charge on any atom is 0.274 e. The van der Waals surface area contributed by atoms with E-state index in [4.69, 9.17) is 4.74 Å². The van der Waals surface area contributed by atoms with E-state index in [1.54, 1.807) is 0 Å². The molecule has 0 aliphatic carbocycles. The van der Waals surface area contributed by atoms with Gasteiger partial charge in [0.2, 0.25) is 0 Å². The number of rotatable bonds is 6. The van der Waals surface area contributed by atoms with E-state index in [2.05, 4.69) is 27.3 Å². The SMILES string of the molecule is CCOCCN1CCN(C(=O)c2n[nH]c3c2CNCC3)CC1CC.Cl. The lowest BCUT2D eigenvalue weighted by molar-refractivity contribution is 0.0336. The van der Waals surface area contributed by atoms with Crippen molar-refractivity contribution in [1.82, 2.24) is 25.3 Å². The molecule has 1 atom stereocenters. The van der Waals surface area contributed by atoms with Crippen LogP contribution in [0.2, 0.25) is 0 Å². The van der Waals surface area contributed by atoms with E-state index >= 15 is 0 Å². The number of nitrogens with one attached hydrogen (secondary N) is 2. The zero-order chi connectivity index (χ0) is 16.9. The molecule has 8 heteroatoms. The number of fused-ring (bicyclic) bond motifs is 1. The predicted octanol–water partition coefficient (Wildman–Crippen LogP) is 1.05. The van der Waals surface area contributed by atoms with Gasteiger partial charge in [0, 0.05) is 69.6 Å². The van der Waals surface area contributed by atoms with Crippen LogP contribution in [-0.2, 0) is 17.7 Å². The molecule has 1 saturated heterocycles. The van der Waals surface area contributed by atoms with Crippen molar-refractivity contribution in [1.29, 1.82) is 0 Å². The average molecular weight is 372 g/mol. The fraction of sp³-hybridized carbons (Fsp3) is 0.765. The van der Waals surface area contributed by atoms with Crippen molar-refractivity contribution in [2.45, 2.75) is 39.3 Å². The molecule has 0 spiro atoms. The number of carbonyl (C=O) groups excluding carboxylic acids is 1. The molecule has 7 nitrogen and oxygen atoms in total. The van der Waals surface area contributed by atoms with Gasteiger partial charge < -0.3 is 15.0 Å². The molecule has 1 aromatic rings. The summed E-state index contributed by atoms with van der Waals surface area (Å²) >= 11 is 0. The molecular weight excluding hydrogens is 342 g/mol. The highest BCUT2D eigenvalue weighted by molar-refractivity contribution is 5.94. The molecule has 0 saturated carbocycles. The molecule has 0 bridgehead atoms. The Balaban J connectivity index is 0.00000225. The number of halogens is 1. The molecule has 1 aromatic heterocycles. The Kier molecular flexibility index (Phi) is 7.68. The Morgan fingerprint density at radius 3 is 2.96 bits per heavy atom. The van der Waals surface area contributed by atoms with Crippen molar-refractivity contribution >= 4 is 18.3 Å². The number of ether oxygens (including phenoxy) is 1. The van der Waals surface area contributed by atoms with Crippen LogP contribution in [0.4, 0.5) is 0 Å². The summed E-state index contributed by atoms with van der Waals surface area (Å²) in [4.78, 5) is 17.3. The van der Waals surface area contributed by atoms with Crippen LogP contribution in [0, 0.1) is 0 Å². The highest BCUT2D eigenvalue weighted by atomic mass is 35.5. The third kappa shape index (κ3) is 4.53. The van der Waals surface area contributed by atoms with Gasteiger partial charge in [0.25, 0.3) is 5.91 Å². The first-order valence-corrected chi connectivity index (χ1v) is 9.12. The highest BCUT2D eigenvalue weighted by Gasteiger charge is 2.31. The molecule has 25 heavy (non-hydrogen) atoms. The molecule has 1 amide bonds. The van der Waals surface area contributed by atoms with Crippen LogP contribution in [0.1, 0.15) is 42.0 Å². The number of aromatic nitrogens is 2. The Hall–Kier alpha value is -1.15. The minimum Gasteiger partial charge on any atom is -0.380 e. The summed E-state index contributed by atoms with van der Waals surface area (Å²) in [6.07, 6.45) is 1.95. The average Bonchev–Trinajstić information content (AvgIpc) is 3.05. The molecule has 2 aliphatic rings. The Morgan fingerprint density at radius 2 is 2.20 bits per heavy atom. The number of carbonyl (C=O) groups is 1. The van der Waals surface area contributed by atoms with Gasteiger partial charge in [-0.2, -0.15) is 5.10 Å². The van der Waals surface area contributed by atoms with Gasteiger partial charge in [-0.15, -0.1) is 12.4 Å². The second-order valence-corrected chi connectivity index (χ2v) is 6.50. The molecule has 1 unspecified atom stereocenters. The van der Waals surface area contributed by atoms with Crippen LogP contribution in [0.25, 0.3) is 0 Å². The lowest BCUT2D eigenvalue weighted by atomic mass is 10.0. The monoisotopic (exact) mass is 371 g/mol. The first kappa shape index (κ1) is 20.2. The van der Waals surface area contributed by atoms with Crippen molar-refractivity contribution in [3.05, 3.63) is 17.0 Å². The minimum atomic E-state index is 0. The van der Waals surface area contributed by atoms with Gasteiger partial charge in [0.1, 0.15) is 0 Å². The zero-order valence-electron chi connectivity index (χ0n) is 15.2. The summed E-state index contributed by atoms with van der Waals surface area (Å²) in [6, 6.07) is 0.399. The minimum absolute atomic E-state index is 0. The van der Waals surface area contributed by atoms with Crippen molar-refractivity contribution in [2.75, 3.05) is 45.9 Å². The third-order valence-corrected chi connectivity index (χ3v) is 5.10. The van der Waals surface area contributed by atoms with Crippen molar-refractivity contribution in [3.8, 4) is 0 Å². The van der Waals surface area contributed by atoms with Crippen molar-refractivity contribution in [3.63, 3.8) is 0 Å². The van der Waals surface area contributed by atoms with Gasteiger partial charge in [-0.3, -0.25) is 14.8 Å². The number of hydrogen-bond acceptors (Lipinski definition) is 5. The maximum absolute atomic E-state index is 12.9. The first-order valence-electron chi connectivity index (χ1n) is 9.12. The number of hydrogen-bond donors (Lipinski definition) is 2. The van der Waals surface area contributed by atoms with Crippen LogP contribution in [-0.4, -0.2) is 77.9 Å². The maximum atomic E-state index is 12.9. The quantitative estimate of drug-likeness (QED) is 0.731. The highest BCUT2D eigenvalue weighted by Crippen LogP contribution is 2.20. The van der Waals surface area contributed by atoms with Gasteiger partial charge in [-0.05, 0) is 13.3 Å². The van der Waals surface area contributed by atoms with E-state index in [1.165, 1.54) is 0 Å². The fourth-order valence-corrected chi connectivity index (χ4v) is 3.64. The molecular formula is C17H30ClN5O2. The number of H-pyrrole nitrogens is 1. The topological polar surface area (TPSA) is 73.5 Å². The summed E-state index contributed by atoms with van der Waals surface area (Å²) in [6.45, 7) is 10.8. The van der Waals surface area contributed by atoms with Gasteiger partial charge in [0.05, 0.1) is 6.61 Å². The van der Waals surface area contributed by atoms with E-state index in [1.807, 2.05) is 11.8 Å². The number of amides is 1. The van der Waals surface area contributed by atoms with E-state index < -0.39 is 0 Å². The molecule has 1 fully saturated rings. The third-order valence-electron chi connectivity index (χ3n) is 5.10. The lowest BCUT2D eigenvalue weighted by Crippen LogP contribution is -2.55. The van der Waals surface area contributed by atoms with E-state index in [9.17, 15) is 4.79 Å².